The van der Waals surface area contributed by atoms with Gasteiger partial charge in [-0.2, -0.15) is 4.31 Å². The molecule has 0 amide bonds. The monoisotopic (exact) mass is 396 g/mol. The Morgan fingerprint density at radius 1 is 1.08 bits per heavy atom. The van der Waals surface area contributed by atoms with Gasteiger partial charge in [0.1, 0.15) is 18.0 Å². The van der Waals surface area contributed by atoms with E-state index in [0.717, 1.165) is 23.6 Å². The number of piperazine rings is 1. The first-order valence-corrected chi connectivity index (χ1v) is 10.3. The van der Waals surface area contributed by atoms with Crippen molar-refractivity contribution in [2.75, 3.05) is 31.1 Å². The van der Waals surface area contributed by atoms with Gasteiger partial charge >= 0.3 is 0 Å². The summed E-state index contributed by atoms with van der Waals surface area (Å²) in [7, 11) is -3.70. The van der Waals surface area contributed by atoms with E-state index in [0.29, 0.717) is 32.1 Å². The third-order valence-electron chi connectivity index (χ3n) is 4.76. The number of nitrogens with zero attached hydrogens (tertiary/aromatic N) is 4. The molecule has 1 saturated carbocycles. The molecule has 0 unspecified atom stereocenters. The number of benzene rings is 1. The predicted molar refractivity (Wildman–Crippen MR) is 96.4 cm³/mol. The Morgan fingerprint density at radius 3 is 2.46 bits per heavy atom. The predicted octanol–water partition coefficient (Wildman–Crippen LogP) is 2.66. The minimum absolute atomic E-state index is 0.00963. The summed E-state index contributed by atoms with van der Waals surface area (Å²) < 4.78 is 40.2. The smallest absolute Gasteiger partial charge is 0.243 e. The maximum absolute atomic E-state index is 13.3. The third kappa shape index (κ3) is 3.41. The summed E-state index contributed by atoms with van der Waals surface area (Å²) >= 11 is 5.73. The van der Waals surface area contributed by atoms with Crippen molar-refractivity contribution in [1.29, 1.82) is 0 Å². The van der Waals surface area contributed by atoms with Crippen LogP contribution in [0.1, 0.15) is 24.5 Å². The summed E-state index contributed by atoms with van der Waals surface area (Å²) in [4.78, 5) is 10.7. The number of halogens is 2. The molecule has 0 atom stereocenters. The summed E-state index contributed by atoms with van der Waals surface area (Å²) in [6.45, 7) is 1.74. The summed E-state index contributed by atoms with van der Waals surface area (Å²) in [6, 6.07) is 5.48. The van der Waals surface area contributed by atoms with Crippen LogP contribution in [0.15, 0.2) is 35.5 Å². The number of aromatic nitrogens is 2. The van der Waals surface area contributed by atoms with Crippen LogP contribution in [0.5, 0.6) is 0 Å². The number of hydrogen-bond acceptors (Lipinski definition) is 5. The highest BCUT2D eigenvalue weighted by atomic mass is 35.5. The zero-order chi connectivity index (χ0) is 18.3. The van der Waals surface area contributed by atoms with Gasteiger partial charge in [-0.15, -0.1) is 0 Å². The average molecular weight is 397 g/mol. The fourth-order valence-corrected chi connectivity index (χ4v) is 4.77. The molecule has 1 aromatic carbocycles. The summed E-state index contributed by atoms with van der Waals surface area (Å²) in [5.74, 6) is 0.746. The minimum Gasteiger partial charge on any atom is -0.354 e. The Hall–Kier alpha value is -1.77. The maximum Gasteiger partial charge on any atom is 0.243 e. The lowest BCUT2D eigenvalue weighted by Gasteiger charge is -2.34. The molecule has 26 heavy (non-hydrogen) atoms. The lowest BCUT2D eigenvalue weighted by Crippen LogP contribution is -2.49. The molecule has 0 spiro atoms. The van der Waals surface area contributed by atoms with E-state index in [-0.39, 0.29) is 9.92 Å². The molecule has 1 saturated heterocycles. The largest absolute Gasteiger partial charge is 0.354 e. The van der Waals surface area contributed by atoms with E-state index in [9.17, 15) is 12.8 Å². The van der Waals surface area contributed by atoms with Gasteiger partial charge in [-0.3, -0.25) is 0 Å². The molecule has 2 heterocycles. The summed E-state index contributed by atoms with van der Waals surface area (Å²) in [5.41, 5.74) is 1.06. The van der Waals surface area contributed by atoms with Crippen LogP contribution in [0.3, 0.4) is 0 Å². The van der Waals surface area contributed by atoms with Crippen molar-refractivity contribution in [2.45, 2.75) is 23.7 Å². The van der Waals surface area contributed by atoms with E-state index in [1.54, 1.807) is 6.33 Å². The average Bonchev–Trinajstić information content (AvgIpc) is 3.49. The Morgan fingerprint density at radius 2 is 1.81 bits per heavy atom. The molecule has 6 nitrogen and oxygen atoms in total. The van der Waals surface area contributed by atoms with Crippen LogP contribution >= 0.6 is 11.6 Å². The van der Waals surface area contributed by atoms with Gasteiger partial charge in [-0.05, 0) is 31.0 Å². The Bertz CT molecular complexity index is 928. The molecule has 4 rings (SSSR count). The lowest BCUT2D eigenvalue weighted by molar-refractivity contribution is 0.383. The number of anilines is 1. The van der Waals surface area contributed by atoms with Gasteiger partial charge in [0.2, 0.25) is 10.0 Å². The van der Waals surface area contributed by atoms with Gasteiger partial charge in [0.05, 0.1) is 9.92 Å². The van der Waals surface area contributed by atoms with E-state index < -0.39 is 15.8 Å². The van der Waals surface area contributed by atoms with Crippen molar-refractivity contribution in [3.63, 3.8) is 0 Å². The highest BCUT2D eigenvalue weighted by molar-refractivity contribution is 7.89. The number of sulfonamides is 1. The van der Waals surface area contributed by atoms with Gasteiger partial charge in [-0.1, -0.05) is 11.6 Å². The molecule has 0 N–H and O–H groups in total. The van der Waals surface area contributed by atoms with Gasteiger partial charge < -0.3 is 4.90 Å². The van der Waals surface area contributed by atoms with E-state index in [1.807, 2.05) is 6.07 Å². The van der Waals surface area contributed by atoms with Gasteiger partial charge in [0, 0.05) is 43.9 Å². The molecule has 2 aliphatic rings. The van der Waals surface area contributed by atoms with Crippen molar-refractivity contribution in [1.82, 2.24) is 14.3 Å². The van der Waals surface area contributed by atoms with Crippen molar-refractivity contribution < 1.29 is 12.8 Å². The van der Waals surface area contributed by atoms with Crippen LogP contribution in [0, 0.1) is 5.82 Å². The van der Waals surface area contributed by atoms with Crippen LogP contribution in [0.4, 0.5) is 10.2 Å². The second-order valence-electron chi connectivity index (χ2n) is 6.54. The SMILES string of the molecule is O=S(=O)(c1ccc(F)c(Cl)c1)N1CCN(c2cc(C3CC3)ncn2)CC1. The van der Waals surface area contributed by atoms with Gasteiger partial charge in [0.15, 0.2) is 0 Å². The maximum atomic E-state index is 13.3. The van der Waals surface area contributed by atoms with Crippen molar-refractivity contribution in [2.24, 2.45) is 0 Å². The fourth-order valence-electron chi connectivity index (χ4n) is 3.08. The first-order valence-electron chi connectivity index (χ1n) is 8.47. The standard InChI is InChI=1S/C17H18ClFN4O2S/c18-14-9-13(3-4-15(14)19)26(24,25)23-7-5-22(6-8-23)17-10-16(12-1-2-12)20-11-21-17/h3-4,9-12H,1-2,5-8H2. The lowest BCUT2D eigenvalue weighted by atomic mass is 10.2. The van der Waals surface area contributed by atoms with Crippen molar-refractivity contribution in [3.8, 4) is 0 Å². The second-order valence-corrected chi connectivity index (χ2v) is 8.89. The molecular formula is C17H18ClFN4O2S. The van der Waals surface area contributed by atoms with Crippen LogP contribution in [-0.4, -0.2) is 48.9 Å². The molecule has 1 aliphatic carbocycles. The minimum atomic E-state index is -3.70. The second kappa shape index (κ2) is 6.75. The van der Waals surface area contributed by atoms with Crippen molar-refractivity contribution in [3.05, 3.63) is 47.1 Å². The van der Waals surface area contributed by atoms with Gasteiger partial charge in [-0.25, -0.2) is 22.8 Å². The molecule has 9 heteroatoms. The molecule has 1 aromatic heterocycles. The summed E-state index contributed by atoms with van der Waals surface area (Å²) in [6.07, 6.45) is 3.91. The fraction of sp³-hybridized carbons (Fsp3) is 0.412. The normalized spacial score (nSPS) is 18.9. The van der Waals surface area contributed by atoms with E-state index in [4.69, 9.17) is 11.6 Å². The summed E-state index contributed by atoms with van der Waals surface area (Å²) in [5, 5.41) is -0.196. The Kier molecular flexibility index (Phi) is 4.58. The number of hydrogen-bond donors (Lipinski definition) is 0. The molecule has 0 radical (unpaired) electrons. The Balaban J connectivity index is 1.47. The van der Waals surface area contributed by atoms with E-state index in [1.165, 1.54) is 23.2 Å². The molecule has 1 aliphatic heterocycles. The van der Waals surface area contributed by atoms with Crippen LogP contribution in [0.25, 0.3) is 0 Å². The zero-order valence-corrected chi connectivity index (χ0v) is 15.5. The highest BCUT2D eigenvalue weighted by Crippen LogP contribution is 2.39. The quantitative estimate of drug-likeness (QED) is 0.794. The van der Waals surface area contributed by atoms with Crippen LogP contribution in [-0.2, 0) is 10.0 Å². The molecule has 138 valence electrons. The van der Waals surface area contributed by atoms with Crippen LogP contribution in [0.2, 0.25) is 5.02 Å². The van der Waals surface area contributed by atoms with Crippen molar-refractivity contribution >= 4 is 27.4 Å². The number of rotatable bonds is 4. The topological polar surface area (TPSA) is 66.4 Å². The molecular weight excluding hydrogens is 379 g/mol. The first-order chi connectivity index (χ1) is 12.4. The van der Waals surface area contributed by atoms with E-state index >= 15 is 0 Å². The molecule has 2 aromatic rings. The molecule has 0 bridgehead atoms. The zero-order valence-electron chi connectivity index (χ0n) is 14.0. The van der Waals surface area contributed by atoms with Crippen LogP contribution < -0.4 is 4.90 Å². The van der Waals surface area contributed by atoms with Gasteiger partial charge in [0.25, 0.3) is 0 Å². The third-order valence-corrected chi connectivity index (χ3v) is 6.95. The first kappa shape index (κ1) is 17.6. The highest BCUT2D eigenvalue weighted by Gasteiger charge is 2.30. The Labute approximate surface area is 156 Å². The molecule has 2 fully saturated rings. The van der Waals surface area contributed by atoms with E-state index in [2.05, 4.69) is 14.9 Å².